The van der Waals surface area contributed by atoms with Gasteiger partial charge in [-0.1, -0.05) is 0 Å². The van der Waals surface area contributed by atoms with E-state index in [4.69, 9.17) is 0 Å². The van der Waals surface area contributed by atoms with E-state index in [0.717, 1.165) is 37.1 Å². The van der Waals surface area contributed by atoms with Gasteiger partial charge in [0.15, 0.2) is 0 Å². The molecular formula is C14H19N5O2. The zero-order chi connectivity index (χ0) is 15.0. The molecule has 21 heavy (non-hydrogen) atoms. The SMILES string of the molecule is Cc1cc(C)n2nc(C(=O)NC3CCC(O)CC3)nc2n1. The lowest BCUT2D eigenvalue weighted by molar-refractivity contribution is 0.0858. The maximum absolute atomic E-state index is 12.2. The monoisotopic (exact) mass is 289 g/mol. The molecule has 1 amide bonds. The van der Waals surface area contributed by atoms with Gasteiger partial charge in [-0.3, -0.25) is 4.79 Å². The Kier molecular flexibility index (Phi) is 3.59. The summed E-state index contributed by atoms with van der Waals surface area (Å²) >= 11 is 0. The van der Waals surface area contributed by atoms with Crippen molar-refractivity contribution in [1.82, 2.24) is 24.9 Å². The molecule has 0 aromatic carbocycles. The van der Waals surface area contributed by atoms with Crippen molar-refractivity contribution >= 4 is 11.7 Å². The highest BCUT2D eigenvalue weighted by atomic mass is 16.3. The largest absolute Gasteiger partial charge is 0.393 e. The van der Waals surface area contributed by atoms with E-state index in [0.29, 0.717) is 5.78 Å². The van der Waals surface area contributed by atoms with Crippen LogP contribution in [0.25, 0.3) is 5.78 Å². The van der Waals surface area contributed by atoms with Crippen LogP contribution in [0.3, 0.4) is 0 Å². The molecule has 0 saturated heterocycles. The molecule has 2 aromatic rings. The van der Waals surface area contributed by atoms with E-state index >= 15 is 0 Å². The van der Waals surface area contributed by atoms with Gasteiger partial charge in [-0.2, -0.15) is 4.98 Å². The quantitative estimate of drug-likeness (QED) is 0.852. The molecule has 2 heterocycles. The van der Waals surface area contributed by atoms with Crippen LogP contribution in [0.5, 0.6) is 0 Å². The first-order chi connectivity index (χ1) is 10.0. The van der Waals surface area contributed by atoms with E-state index in [1.807, 2.05) is 19.9 Å². The number of aromatic nitrogens is 4. The average Bonchev–Trinajstić information content (AvgIpc) is 2.85. The first kappa shape index (κ1) is 13.9. The molecule has 0 unspecified atom stereocenters. The molecule has 1 saturated carbocycles. The van der Waals surface area contributed by atoms with Crippen LogP contribution in [0.4, 0.5) is 0 Å². The summed E-state index contributed by atoms with van der Waals surface area (Å²) in [6.45, 7) is 3.79. The topological polar surface area (TPSA) is 92.4 Å². The number of carbonyl (C=O) groups excluding carboxylic acids is 1. The van der Waals surface area contributed by atoms with Gasteiger partial charge >= 0.3 is 0 Å². The third kappa shape index (κ3) is 2.87. The average molecular weight is 289 g/mol. The number of aryl methyl sites for hydroxylation is 2. The molecule has 0 radical (unpaired) electrons. The molecular weight excluding hydrogens is 270 g/mol. The Morgan fingerprint density at radius 1 is 1.29 bits per heavy atom. The van der Waals surface area contributed by atoms with E-state index < -0.39 is 0 Å². The first-order valence-corrected chi connectivity index (χ1v) is 7.23. The van der Waals surface area contributed by atoms with Crippen LogP contribution in [0.15, 0.2) is 6.07 Å². The fraction of sp³-hybridized carbons (Fsp3) is 0.571. The number of carbonyl (C=O) groups is 1. The normalized spacial score (nSPS) is 22.4. The molecule has 3 rings (SSSR count). The van der Waals surface area contributed by atoms with Crippen LogP contribution in [-0.2, 0) is 0 Å². The van der Waals surface area contributed by atoms with E-state index in [1.165, 1.54) is 0 Å². The number of amides is 1. The molecule has 112 valence electrons. The van der Waals surface area contributed by atoms with Crippen molar-refractivity contribution in [3.05, 3.63) is 23.3 Å². The predicted octanol–water partition coefficient (Wildman–Crippen LogP) is 0.774. The highest BCUT2D eigenvalue weighted by Gasteiger charge is 2.23. The number of nitrogens with zero attached hydrogens (tertiary/aromatic N) is 4. The Bertz CT molecular complexity index is 673. The van der Waals surface area contributed by atoms with Gasteiger partial charge in [-0.15, -0.1) is 5.10 Å². The van der Waals surface area contributed by atoms with E-state index in [-0.39, 0.29) is 23.9 Å². The third-order valence-corrected chi connectivity index (χ3v) is 3.85. The fourth-order valence-corrected chi connectivity index (χ4v) is 2.73. The molecule has 1 aliphatic rings. The van der Waals surface area contributed by atoms with Crippen LogP contribution >= 0.6 is 0 Å². The predicted molar refractivity (Wildman–Crippen MR) is 76.0 cm³/mol. The highest BCUT2D eigenvalue weighted by Crippen LogP contribution is 2.18. The van der Waals surface area contributed by atoms with Crippen LogP contribution < -0.4 is 5.32 Å². The Balaban J connectivity index is 1.77. The van der Waals surface area contributed by atoms with Gasteiger partial charge in [-0.25, -0.2) is 9.50 Å². The van der Waals surface area contributed by atoms with Crippen LogP contribution in [-0.4, -0.2) is 42.7 Å². The smallest absolute Gasteiger partial charge is 0.291 e. The molecule has 1 fully saturated rings. The number of aliphatic hydroxyl groups is 1. The van der Waals surface area contributed by atoms with Crippen LogP contribution in [0, 0.1) is 13.8 Å². The lowest BCUT2D eigenvalue weighted by atomic mass is 9.93. The summed E-state index contributed by atoms with van der Waals surface area (Å²) in [5, 5.41) is 16.6. The number of nitrogens with one attached hydrogen (secondary N) is 1. The summed E-state index contributed by atoms with van der Waals surface area (Å²) in [5.41, 5.74) is 1.74. The van der Waals surface area contributed by atoms with Gasteiger partial charge in [0.05, 0.1) is 6.10 Å². The standard InChI is InChI=1S/C14H19N5O2/c1-8-7-9(2)19-14(15-8)17-12(18-19)13(21)16-10-3-5-11(20)6-4-10/h7,10-11,20H,3-6H2,1-2H3,(H,16,21). The number of rotatable bonds is 2. The molecule has 0 bridgehead atoms. The Labute approximate surface area is 122 Å². The fourth-order valence-electron chi connectivity index (χ4n) is 2.73. The maximum Gasteiger partial charge on any atom is 0.291 e. The van der Waals surface area contributed by atoms with Gasteiger partial charge in [0, 0.05) is 17.4 Å². The summed E-state index contributed by atoms with van der Waals surface area (Å²) in [4.78, 5) is 20.7. The summed E-state index contributed by atoms with van der Waals surface area (Å²) < 4.78 is 1.58. The highest BCUT2D eigenvalue weighted by molar-refractivity contribution is 5.91. The van der Waals surface area contributed by atoms with E-state index in [2.05, 4.69) is 20.4 Å². The first-order valence-electron chi connectivity index (χ1n) is 7.23. The van der Waals surface area contributed by atoms with Crippen molar-refractivity contribution in [1.29, 1.82) is 0 Å². The van der Waals surface area contributed by atoms with Crippen molar-refractivity contribution in [3.8, 4) is 0 Å². The van der Waals surface area contributed by atoms with Crippen molar-refractivity contribution in [2.75, 3.05) is 0 Å². The summed E-state index contributed by atoms with van der Waals surface area (Å²) in [6.07, 6.45) is 2.79. The van der Waals surface area contributed by atoms with Crippen molar-refractivity contribution in [3.63, 3.8) is 0 Å². The summed E-state index contributed by atoms with van der Waals surface area (Å²) in [5.74, 6) is 0.304. The second-order valence-electron chi connectivity index (χ2n) is 5.67. The Morgan fingerprint density at radius 2 is 2.00 bits per heavy atom. The minimum Gasteiger partial charge on any atom is -0.393 e. The minimum absolute atomic E-state index is 0.0864. The Morgan fingerprint density at radius 3 is 2.71 bits per heavy atom. The van der Waals surface area contributed by atoms with Crippen molar-refractivity contribution in [2.45, 2.75) is 51.7 Å². The lowest BCUT2D eigenvalue weighted by Crippen LogP contribution is -2.39. The van der Waals surface area contributed by atoms with Gasteiger partial charge in [0.25, 0.3) is 11.7 Å². The zero-order valence-electron chi connectivity index (χ0n) is 12.2. The zero-order valence-corrected chi connectivity index (χ0v) is 12.2. The van der Waals surface area contributed by atoms with Gasteiger partial charge < -0.3 is 10.4 Å². The van der Waals surface area contributed by atoms with Crippen molar-refractivity contribution < 1.29 is 9.90 Å². The lowest BCUT2D eigenvalue weighted by Gasteiger charge is -2.25. The Hall–Kier alpha value is -2.02. The van der Waals surface area contributed by atoms with E-state index in [9.17, 15) is 9.90 Å². The number of fused-ring (bicyclic) bond motifs is 1. The molecule has 7 nitrogen and oxygen atoms in total. The van der Waals surface area contributed by atoms with Gasteiger partial charge in [0.1, 0.15) is 0 Å². The van der Waals surface area contributed by atoms with E-state index in [1.54, 1.807) is 4.52 Å². The minimum atomic E-state index is -0.279. The molecule has 2 aromatic heterocycles. The molecule has 0 aliphatic heterocycles. The second-order valence-corrected chi connectivity index (χ2v) is 5.67. The molecule has 0 spiro atoms. The van der Waals surface area contributed by atoms with Crippen LogP contribution in [0.1, 0.15) is 47.7 Å². The summed E-state index contributed by atoms with van der Waals surface area (Å²) in [7, 11) is 0. The third-order valence-electron chi connectivity index (χ3n) is 3.85. The van der Waals surface area contributed by atoms with Crippen LogP contribution in [0.2, 0.25) is 0 Å². The number of aliphatic hydroxyl groups excluding tert-OH is 1. The molecule has 2 N–H and O–H groups in total. The van der Waals surface area contributed by atoms with Gasteiger partial charge in [-0.05, 0) is 45.6 Å². The number of hydrogen-bond acceptors (Lipinski definition) is 5. The molecule has 1 aliphatic carbocycles. The molecule has 7 heteroatoms. The van der Waals surface area contributed by atoms with Gasteiger partial charge in [0.2, 0.25) is 5.82 Å². The molecule has 0 atom stereocenters. The maximum atomic E-state index is 12.2. The second kappa shape index (κ2) is 5.40. The summed E-state index contributed by atoms with van der Waals surface area (Å²) in [6, 6.07) is 1.98. The number of hydrogen-bond donors (Lipinski definition) is 2. The van der Waals surface area contributed by atoms with Crippen molar-refractivity contribution in [2.24, 2.45) is 0 Å².